The van der Waals surface area contributed by atoms with Crippen molar-refractivity contribution in [2.24, 2.45) is 5.73 Å². The molecule has 1 aliphatic rings. The Kier molecular flexibility index (Phi) is 5.58. The average molecular weight is 322 g/mol. The Morgan fingerprint density at radius 2 is 2.00 bits per heavy atom. The molecule has 0 aliphatic carbocycles. The predicted molar refractivity (Wildman–Crippen MR) is 86.2 cm³/mol. The summed E-state index contributed by atoms with van der Waals surface area (Å²) in [4.78, 5) is 0. The Bertz CT molecular complexity index is 414. The van der Waals surface area contributed by atoms with Gasteiger partial charge in [0.15, 0.2) is 0 Å². The Morgan fingerprint density at radius 1 is 1.28 bits per heavy atom. The molecule has 18 heavy (non-hydrogen) atoms. The molecule has 0 radical (unpaired) electrons. The topological polar surface area (TPSA) is 26.0 Å². The summed E-state index contributed by atoms with van der Waals surface area (Å²) in [5, 5.41) is 2.27. The van der Waals surface area contributed by atoms with Crippen LogP contribution in [0.1, 0.15) is 24.9 Å². The van der Waals surface area contributed by atoms with Crippen molar-refractivity contribution in [2.45, 2.75) is 29.9 Å². The van der Waals surface area contributed by atoms with Gasteiger partial charge in [-0.1, -0.05) is 36.2 Å². The van der Waals surface area contributed by atoms with E-state index in [2.05, 4.69) is 6.92 Å². The second-order valence-corrected chi connectivity index (χ2v) is 7.80. The first kappa shape index (κ1) is 14.9. The lowest BCUT2D eigenvalue weighted by Gasteiger charge is -2.34. The van der Waals surface area contributed by atoms with Crippen molar-refractivity contribution < 1.29 is 0 Å². The fourth-order valence-corrected chi connectivity index (χ4v) is 5.67. The molecule has 1 heterocycles. The van der Waals surface area contributed by atoms with Gasteiger partial charge in [0.2, 0.25) is 0 Å². The molecule has 0 amide bonds. The lowest BCUT2D eigenvalue weighted by atomic mass is 10.0. The zero-order valence-electron chi connectivity index (χ0n) is 10.2. The van der Waals surface area contributed by atoms with Crippen molar-refractivity contribution in [3.63, 3.8) is 0 Å². The summed E-state index contributed by atoms with van der Waals surface area (Å²) < 4.78 is 0. The van der Waals surface area contributed by atoms with E-state index in [1.165, 1.54) is 11.5 Å². The fraction of sp³-hybridized carbons (Fsp3) is 0.538. The minimum Gasteiger partial charge on any atom is -0.323 e. The van der Waals surface area contributed by atoms with E-state index in [0.717, 1.165) is 12.0 Å². The molecule has 3 unspecified atom stereocenters. The van der Waals surface area contributed by atoms with Crippen LogP contribution in [0.3, 0.4) is 0 Å². The lowest BCUT2D eigenvalue weighted by Crippen LogP contribution is -2.35. The minimum atomic E-state index is 0.0301. The third-order valence-corrected chi connectivity index (χ3v) is 7.29. The Hall–Kier alpha value is 0.460. The largest absolute Gasteiger partial charge is 0.323 e. The summed E-state index contributed by atoms with van der Waals surface area (Å²) in [6, 6.07) is 5.76. The second-order valence-electron chi connectivity index (χ2n) is 4.35. The number of benzene rings is 1. The van der Waals surface area contributed by atoms with E-state index >= 15 is 0 Å². The third-order valence-electron chi connectivity index (χ3n) is 3.18. The summed E-state index contributed by atoms with van der Waals surface area (Å²) in [5.41, 5.74) is 7.50. The first-order chi connectivity index (χ1) is 8.63. The zero-order valence-corrected chi connectivity index (χ0v) is 13.4. The molecule has 1 saturated heterocycles. The Balaban J connectivity index is 2.18. The van der Waals surface area contributed by atoms with Crippen LogP contribution in [0, 0.1) is 0 Å². The smallest absolute Gasteiger partial charge is 0.0595 e. The standard InChI is InChI=1S/C13H17Cl2NS2/c1-2-11-13(18-6-5-17-11)12(16)8-3-4-9(14)10(15)7-8/h3-4,7,11-13H,2,5-6,16H2,1H3. The highest BCUT2D eigenvalue weighted by molar-refractivity contribution is 8.07. The Morgan fingerprint density at radius 3 is 2.67 bits per heavy atom. The van der Waals surface area contributed by atoms with Crippen molar-refractivity contribution in [1.29, 1.82) is 0 Å². The van der Waals surface area contributed by atoms with Gasteiger partial charge >= 0.3 is 0 Å². The number of halogens is 2. The molecule has 2 rings (SSSR count). The van der Waals surface area contributed by atoms with Gasteiger partial charge in [0.1, 0.15) is 0 Å². The number of nitrogens with two attached hydrogens (primary N) is 1. The maximum atomic E-state index is 6.42. The number of rotatable bonds is 3. The molecular weight excluding hydrogens is 305 g/mol. The molecule has 2 N–H and O–H groups in total. The molecular formula is C13H17Cl2NS2. The van der Waals surface area contributed by atoms with E-state index in [1.807, 2.05) is 41.7 Å². The van der Waals surface area contributed by atoms with Crippen molar-refractivity contribution in [1.82, 2.24) is 0 Å². The molecule has 1 aliphatic heterocycles. The van der Waals surface area contributed by atoms with Gasteiger partial charge in [-0.3, -0.25) is 0 Å². The summed E-state index contributed by atoms with van der Waals surface area (Å²) in [6.45, 7) is 2.23. The molecule has 5 heteroatoms. The van der Waals surface area contributed by atoms with Crippen LogP contribution in [0.5, 0.6) is 0 Å². The van der Waals surface area contributed by atoms with Gasteiger partial charge in [-0.25, -0.2) is 0 Å². The molecule has 3 atom stereocenters. The van der Waals surface area contributed by atoms with E-state index in [1.54, 1.807) is 0 Å². The number of thioether (sulfide) groups is 2. The highest BCUT2D eigenvalue weighted by atomic mass is 35.5. The van der Waals surface area contributed by atoms with Crippen molar-refractivity contribution in [3.8, 4) is 0 Å². The molecule has 100 valence electrons. The molecule has 0 saturated carbocycles. The van der Waals surface area contributed by atoms with Crippen LogP contribution < -0.4 is 5.73 Å². The lowest BCUT2D eigenvalue weighted by molar-refractivity contribution is 0.630. The van der Waals surface area contributed by atoms with Crippen LogP contribution >= 0.6 is 46.7 Å². The molecule has 1 aromatic carbocycles. The molecule has 1 fully saturated rings. The van der Waals surface area contributed by atoms with Gasteiger partial charge in [0, 0.05) is 28.0 Å². The van der Waals surface area contributed by atoms with E-state index in [4.69, 9.17) is 28.9 Å². The second kappa shape index (κ2) is 6.76. The van der Waals surface area contributed by atoms with Gasteiger partial charge in [-0.05, 0) is 24.1 Å². The van der Waals surface area contributed by atoms with Crippen molar-refractivity contribution in [2.75, 3.05) is 11.5 Å². The van der Waals surface area contributed by atoms with Crippen molar-refractivity contribution >= 4 is 46.7 Å². The minimum absolute atomic E-state index is 0.0301. The van der Waals surface area contributed by atoms with Gasteiger partial charge in [-0.15, -0.1) is 0 Å². The highest BCUT2D eigenvalue weighted by Gasteiger charge is 2.30. The van der Waals surface area contributed by atoms with Crippen LogP contribution in [-0.2, 0) is 0 Å². The maximum absolute atomic E-state index is 6.42. The summed E-state index contributed by atoms with van der Waals surface area (Å²) in [5.74, 6) is 2.41. The van der Waals surface area contributed by atoms with Crippen LogP contribution in [0.15, 0.2) is 18.2 Å². The molecule has 0 aromatic heterocycles. The van der Waals surface area contributed by atoms with Crippen LogP contribution in [0.4, 0.5) is 0 Å². The maximum Gasteiger partial charge on any atom is 0.0595 e. The van der Waals surface area contributed by atoms with Gasteiger partial charge in [0.25, 0.3) is 0 Å². The van der Waals surface area contributed by atoms with Crippen LogP contribution in [-0.4, -0.2) is 22.0 Å². The molecule has 1 aromatic rings. The SMILES string of the molecule is CCC1SCCSC1C(N)c1ccc(Cl)c(Cl)c1. The predicted octanol–water partition coefficient (Wildman–Crippen LogP) is 4.62. The Labute approximate surface area is 127 Å². The fourth-order valence-electron chi connectivity index (χ4n) is 2.18. The van der Waals surface area contributed by atoms with Gasteiger partial charge in [0.05, 0.1) is 10.0 Å². The zero-order chi connectivity index (χ0) is 13.1. The highest BCUT2D eigenvalue weighted by Crippen LogP contribution is 2.40. The normalized spacial score (nSPS) is 26.0. The van der Waals surface area contributed by atoms with E-state index < -0.39 is 0 Å². The molecule has 1 nitrogen and oxygen atoms in total. The molecule has 0 spiro atoms. The van der Waals surface area contributed by atoms with Gasteiger partial charge < -0.3 is 5.73 Å². The van der Waals surface area contributed by atoms with Crippen LogP contribution in [0.2, 0.25) is 10.0 Å². The van der Waals surface area contributed by atoms with Gasteiger partial charge in [-0.2, -0.15) is 23.5 Å². The number of hydrogen-bond acceptors (Lipinski definition) is 3. The third kappa shape index (κ3) is 3.31. The van der Waals surface area contributed by atoms with Crippen molar-refractivity contribution in [3.05, 3.63) is 33.8 Å². The summed E-state index contributed by atoms with van der Waals surface area (Å²) in [6.07, 6.45) is 1.16. The average Bonchev–Trinajstić information content (AvgIpc) is 2.41. The van der Waals surface area contributed by atoms with E-state index in [0.29, 0.717) is 20.5 Å². The first-order valence-electron chi connectivity index (χ1n) is 6.07. The van der Waals surface area contributed by atoms with Crippen LogP contribution in [0.25, 0.3) is 0 Å². The van der Waals surface area contributed by atoms with E-state index in [9.17, 15) is 0 Å². The molecule has 0 bridgehead atoms. The van der Waals surface area contributed by atoms with E-state index in [-0.39, 0.29) is 6.04 Å². The quantitative estimate of drug-likeness (QED) is 0.879. The monoisotopic (exact) mass is 321 g/mol. The first-order valence-corrected chi connectivity index (χ1v) is 8.92. The summed E-state index contributed by atoms with van der Waals surface area (Å²) >= 11 is 16.0. The number of hydrogen-bond donors (Lipinski definition) is 1. The summed E-state index contributed by atoms with van der Waals surface area (Å²) in [7, 11) is 0.